The molecule has 0 aliphatic heterocycles. The van der Waals surface area contributed by atoms with Crippen molar-refractivity contribution < 1.29 is 8.42 Å². The predicted molar refractivity (Wildman–Crippen MR) is 76.9 cm³/mol. The van der Waals surface area contributed by atoms with Gasteiger partial charge >= 0.3 is 0 Å². The lowest BCUT2D eigenvalue weighted by Crippen LogP contribution is -2.15. The highest BCUT2D eigenvalue weighted by Crippen LogP contribution is 2.24. The van der Waals surface area contributed by atoms with Crippen LogP contribution in [0.1, 0.15) is 0 Å². The molecule has 7 heteroatoms. The highest BCUT2D eigenvalue weighted by molar-refractivity contribution is 7.89. The molecule has 102 valence electrons. The Morgan fingerprint density at radius 1 is 1.10 bits per heavy atom. The van der Waals surface area contributed by atoms with Crippen LogP contribution in [-0.4, -0.2) is 18.2 Å². The van der Waals surface area contributed by atoms with Gasteiger partial charge in [0.2, 0.25) is 10.0 Å². The molecular weight excluding hydrogens is 276 g/mol. The van der Waals surface area contributed by atoms with Gasteiger partial charge in [-0.1, -0.05) is 12.1 Å². The first kappa shape index (κ1) is 12.6. The number of benzene rings is 2. The number of hydrogen-bond donors (Lipinski definition) is 2. The zero-order chi connectivity index (χ0) is 14.3. The van der Waals surface area contributed by atoms with Crippen LogP contribution in [0.5, 0.6) is 0 Å². The van der Waals surface area contributed by atoms with E-state index in [0.29, 0.717) is 11.4 Å². The first-order valence-electron chi connectivity index (χ1n) is 5.82. The van der Waals surface area contributed by atoms with Crippen molar-refractivity contribution in [2.75, 3.05) is 5.73 Å². The number of fused-ring (bicyclic) bond motifs is 1. The summed E-state index contributed by atoms with van der Waals surface area (Å²) in [6.45, 7) is 0. The molecule has 6 nitrogen and oxygen atoms in total. The van der Waals surface area contributed by atoms with Crippen molar-refractivity contribution >= 4 is 26.6 Å². The molecule has 0 fully saturated rings. The molecule has 0 amide bonds. The third-order valence-electron chi connectivity index (χ3n) is 2.99. The average molecular weight is 288 g/mol. The third kappa shape index (κ3) is 2.02. The molecular formula is C13H12N4O2S. The SMILES string of the molecule is Nc1ccc2cnn(-c3ccccc3S(N)(=O)=O)c2c1. The lowest BCUT2D eigenvalue weighted by molar-refractivity contribution is 0.597. The van der Waals surface area contributed by atoms with Gasteiger partial charge in [0.05, 0.1) is 17.4 Å². The molecule has 0 atom stereocenters. The summed E-state index contributed by atoms with van der Waals surface area (Å²) in [5.41, 5.74) is 7.47. The number of aromatic nitrogens is 2. The van der Waals surface area contributed by atoms with Crippen molar-refractivity contribution in [3.8, 4) is 5.69 Å². The zero-order valence-corrected chi connectivity index (χ0v) is 11.2. The van der Waals surface area contributed by atoms with E-state index in [1.54, 1.807) is 36.5 Å². The minimum Gasteiger partial charge on any atom is -0.399 e. The number of hydrogen-bond acceptors (Lipinski definition) is 4. The molecule has 3 aromatic rings. The van der Waals surface area contributed by atoms with E-state index in [4.69, 9.17) is 10.9 Å². The van der Waals surface area contributed by atoms with Crippen LogP contribution < -0.4 is 10.9 Å². The molecule has 2 aromatic carbocycles. The average Bonchev–Trinajstić information content (AvgIpc) is 2.80. The lowest BCUT2D eigenvalue weighted by atomic mass is 10.2. The number of primary sulfonamides is 1. The van der Waals surface area contributed by atoms with Crippen LogP contribution in [0, 0.1) is 0 Å². The van der Waals surface area contributed by atoms with Crippen molar-refractivity contribution in [2.24, 2.45) is 5.14 Å². The second-order valence-corrected chi connectivity index (χ2v) is 5.92. The summed E-state index contributed by atoms with van der Waals surface area (Å²) in [5, 5.41) is 10.3. The van der Waals surface area contributed by atoms with Gasteiger partial charge < -0.3 is 5.73 Å². The molecule has 0 spiro atoms. The maximum Gasteiger partial charge on any atom is 0.240 e. The fraction of sp³-hybridized carbons (Fsp3) is 0. The smallest absolute Gasteiger partial charge is 0.240 e. The maximum absolute atomic E-state index is 11.7. The summed E-state index contributed by atoms with van der Waals surface area (Å²) in [5.74, 6) is 0. The predicted octanol–water partition coefficient (Wildman–Crippen LogP) is 1.26. The fourth-order valence-electron chi connectivity index (χ4n) is 2.10. The van der Waals surface area contributed by atoms with Gasteiger partial charge in [0.15, 0.2) is 0 Å². The Morgan fingerprint density at radius 2 is 1.85 bits per heavy atom. The Kier molecular flexibility index (Phi) is 2.73. The zero-order valence-electron chi connectivity index (χ0n) is 10.4. The van der Waals surface area contributed by atoms with Crippen molar-refractivity contribution in [1.29, 1.82) is 0 Å². The highest BCUT2D eigenvalue weighted by atomic mass is 32.2. The van der Waals surface area contributed by atoms with E-state index in [9.17, 15) is 8.42 Å². The first-order valence-corrected chi connectivity index (χ1v) is 7.37. The van der Waals surface area contributed by atoms with Crippen LogP contribution in [0.2, 0.25) is 0 Å². The molecule has 1 heterocycles. The summed E-state index contributed by atoms with van der Waals surface area (Å²) in [4.78, 5) is 0.0208. The molecule has 0 aliphatic carbocycles. The fourth-order valence-corrected chi connectivity index (χ4v) is 2.81. The van der Waals surface area contributed by atoms with E-state index in [1.807, 2.05) is 6.07 Å². The summed E-state index contributed by atoms with van der Waals surface area (Å²) in [6.07, 6.45) is 1.65. The van der Waals surface area contributed by atoms with Crippen molar-refractivity contribution in [2.45, 2.75) is 4.90 Å². The van der Waals surface area contributed by atoms with Gasteiger partial charge in [-0.25, -0.2) is 18.2 Å². The van der Waals surface area contributed by atoms with Gasteiger partial charge in [0.1, 0.15) is 4.90 Å². The minimum absolute atomic E-state index is 0.0208. The van der Waals surface area contributed by atoms with Gasteiger partial charge in [-0.05, 0) is 30.3 Å². The largest absolute Gasteiger partial charge is 0.399 e. The van der Waals surface area contributed by atoms with Gasteiger partial charge in [0.25, 0.3) is 0 Å². The monoisotopic (exact) mass is 288 g/mol. The number of para-hydroxylation sites is 1. The van der Waals surface area contributed by atoms with Crippen LogP contribution in [0.15, 0.2) is 53.6 Å². The van der Waals surface area contributed by atoms with Gasteiger partial charge in [-0.3, -0.25) is 0 Å². The van der Waals surface area contributed by atoms with E-state index >= 15 is 0 Å². The normalized spacial score (nSPS) is 11.8. The molecule has 3 rings (SSSR count). The highest BCUT2D eigenvalue weighted by Gasteiger charge is 2.16. The summed E-state index contributed by atoms with van der Waals surface area (Å²) in [6, 6.07) is 11.8. The molecule has 4 N–H and O–H groups in total. The summed E-state index contributed by atoms with van der Waals surface area (Å²) < 4.78 is 24.8. The van der Waals surface area contributed by atoms with Crippen LogP contribution in [0.3, 0.4) is 0 Å². The lowest BCUT2D eigenvalue weighted by Gasteiger charge is -2.09. The van der Waals surface area contributed by atoms with E-state index in [-0.39, 0.29) is 4.90 Å². The van der Waals surface area contributed by atoms with E-state index < -0.39 is 10.0 Å². The van der Waals surface area contributed by atoms with Gasteiger partial charge in [0, 0.05) is 11.1 Å². The molecule has 0 saturated carbocycles. The van der Waals surface area contributed by atoms with Crippen LogP contribution in [0.4, 0.5) is 5.69 Å². The van der Waals surface area contributed by atoms with E-state index in [2.05, 4.69) is 5.10 Å². The quantitative estimate of drug-likeness (QED) is 0.692. The third-order valence-corrected chi connectivity index (χ3v) is 3.95. The van der Waals surface area contributed by atoms with Crippen LogP contribution in [0.25, 0.3) is 16.6 Å². The Morgan fingerprint density at radius 3 is 2.60 bits per heavy atom. The van der Waals surface area contributed by atoms with Crippen molar-refractivity contribution in [3.05, 3.63) is 48.7 Å². The Bertz CT molecular complexity index is 900. The van der Waals surface area contributed by atoms with Crippen LogP contribution >= 0.6 is 0 Å². The topological polar surface area (TPSA) is 104 Å². The Hall–Kier alpha value is -2.38. The van der Waals surface area contributed by atoms with Gasteiger partial charge in [-0.15, -0.1) is 0 Å². The molecule has 0 aliphatic rings. The van der Waals surface area contributed by atoms with Crippen molar-refractivity contribution in [3.63, 3.8) is 0 Å². The van der Waals surface area contributed by atoms with E-state index in [0.717, 1.165) is 10.9 Å². The number of nitrogen functional groups attached to an aromatic ring is 1. The molecule has 0 radical (unpaired) electrons. The first-order chi connectivity index (χ1) is 9.47. The molecule has 1 aromatic heterocycles. The Balaban J connectivity index is 2.35. The number of rotatable bonds is 2. The molecule has 0 unspecified atom stereocenters. The number of anilines is 1. The standard InChI is InChI=1S/C13H12N4O2S/c14-10-6-5-9-8-16-17(12(9)7-10)11-3-1-2-4-13(11)20(15,18)19/h1-8H,14H2,(H2,15,18,19). The van der Waals surface area contributed by atoms with Gasteiger partial charge in [-0.2, -0.15) is 5.10 Å². The summed E-state index contributed by atoms with van der Waals surface area (Å²) in [7, 11) is -3.83. The maximum atomic E-state index is 11.7. The summed E-state index contributed by atoms with van der Waals surface area (Å²) >= 11 is 0. The van der Waals surface area contributed by atoms with Crippen molar-refractivity contribution in [1.82, 2.24) is 9.78 Å². The number of sulfonamides is 1. The minimum atomic E-state index is -3.83. The van der Waals surface area contributed by atoms with E-state index in [1.165, 1.54) is 10.7 Å². The number of nitrogens with zero attached hydrogens (tertiary/aromatic N) is 2. The number of nitrogens with two attached hydrogens (primary N) is 2. The molecule has 20 heavy (non-hydrogen) atoms. The Labute approximate surface area is 115 Å². The second-order valence-electron chi connectivity index (χ2n) is 4.39. The molecule has 0 bridgehead atoms. The molecule has 0 saturated heterocycles. The second kappa shape index (κ2) is 4.32. The van der Waals surface area contributed by atoms with Crippen LogP contribution in [-0.2, 0) is 10.0 Å².